The topological polar surface area (TPSA) is 25.8 Å². The molecule has 0 saturated carbocycles. The first-order chi connectivity index (χ1) is 8.64. The van der Waals surface area contributed by atoms with E-state index in [0.29, 0.717) is 10.9 Å². The van der Waals surface area contributed by atoms with Crippen molar-refractivity contribution in [3.63, 3.8) is 0 Å². The van der Waals surface area contributed by atoms with Gasteiger partial charge >= 0.3 is 0 Å². The molecule has 2 aromatic rings. The van der Waals surface area contributed by atoms with Gasteiger partial charge in [0.2, 0.25) is 5.28 Å². The van der Waals surface area contributed by atoms with Gasteiger partial charge in [-0.3, -0.25) is 0 Å². The Labute approximate surface area is 133 Å². The van der Waals surface area contributed by atoms with E-state index in [1.165, 1.54) is 0 Å². The van der Waals surface area contributed by atoms with Crippen molar-refractivity contribution in [3.05, 3.63) is 31.3 Å². The van der Waals surface area contributed by atoms with Crippen LogP contribution in [0.1, 0.15) is 26.3 Å². The summed E-state index contributed by atoms with van der Waals surface area (Å²) in [5, 5.41) is 0.647. The average Bonchev–Trinajstić information content (AvgIpc) is 2.26. The van der Waals surface area contributed by atoms with Gasteiger partial charge in [0.25, 0.3) is 0 Å². The number of halogens is 5. The molecular formula is C12H9BrCl3FN2. The largest absolute Gasteiger partial charge is 0.224 e. The molecule has 1 aromatic carbocycles. The smallest absolute Gasteiger partial charge is 0.215 e. The fraction of sp³-hybridized carbons (Fsp3) is 0.333. The van der Waals surface area contributed by atoms with E-state index in [0.717, 1.165) is 0 Å². The van der Waals surface area contributed by atoms with Crippen LogP contribution in [-0.2, 0) is 5.41 Å². The molecule has 0 aliphatic rings. The standard InChI is InChI=1S/C12H9BrCl3FN2/c1-12(2,3)5-4-9(8(17)6(13)7(5)14)18-11(16)19-10(4)15/h1-3H3. The van der Waals surface area contributed by atoms with Gasteiger partial charge in [-0.2, -0.15) is 0 Å². The van der Waals surface area contributed by atoms with E-state index >= 15 is 0 Å². The maximum absolute atomic E-state index is 14.2. The number of rotatable bonds is 0. The van der Waals surface area contributed by atoms with E-state index in [4.69, 9.17) is 34.8 Å². The van der Waals surface area contributed by atoms with Gasteiger partial charge in [0.05, 0.1) is 9.50 Å². The van der Waals surface area contributed by atoms with E-state index in [-0.39, 0.29) is 30.9 Å². The second kappa shape index (κ2) is 4.99. The molecule has 0 atom stereocenters. The van der Waals surface area contributed by atoms with Gasteiger partial charge in [-0.15, -0.1) is 0 Å². The highest BCUT2D eigenvalue weighted by Crippen LogP contribution is 2.43. The summed E-state index contributed by atoms with van der Waals surface area (Å²) in [5.41, 5.74) is 0.386. The van der Waals surface area contributed by atoms with Gasteiger partial charge in [-0.05, 0) is 38.5 Å². The van der Waals surface area contributed by atoms with Crippen molar-refractivity contribution in [2.75, 3.05) is 0 Å². The summed E-state index contributed by atoms with van der Waals surface area (Å²) in [6.45, 7) is 5.84. The van der Waals surface area contributed by atoms with Gasteiger partial charge in [0, 0.05) is 5.39 Å². The lowest BCUT2D eigenvalue weighted by molar-refractivity contribution is 0.589. The number of hydrogen-bond acceptors (Lipinski definition) is 2. The van der Waals surface area contributed by atoms with Crippen LogP contribution in [0.2, 0.25) is 15.5 Å². The van der Waals surface area contributed by atoms with Crippen LogP contribution in [0.5, 0.6) is 0 Å². The minimum absolute atomic E-state index is 0.0613. The van der Waals surface area contributed by atoms with Gasteiger partial charge in [0.15, 0.2) is 5.82 Å². The molecule has 1 aromatic heterocycles. The Hall–Kier alpha value is -0.160. The lowest BCUT2D eigenvalue weighted by atomic mass is 9.84. The molecule has 0 fully saturated rings. The van der Waals surface area contributed by atoms with E-state index < -0.39 is 5.82 Å². The molecule has 19 heavy (non-hydrogen) atoms. The molecule has 102 valence electrons. The molecule has 0 amide bonds. The summed E-state index contributed by atoms with van der Waals surface area (Å²) in [4.78, 5) is 7.79. The maximum Gasteiger partial charge on any atom is 0.224 e. The van der Waals surface area contributed by atoms with Gasteiger partial charge in [0.1, 0.15) is 10.7 Å². The molecule has 0 radical (unpaired) electrons. The van der Waals surface area contributed by atoms with Crippen molar-refractivity contribution in [2.24, 2.45) is 0 Å². The molecule has 2 rings (SSSR count). The van der Waals surface area contributed by atoms with E-state index in [2.05, 4.69) is 25.9 Å². The van der Waals surface area contributed by atoms with Crippen molar-refractivity contribution in [3.8, 4) is 0 Å². The normalized spacial score (nSPS) is 12.2. The Morgan fingerprint density at radius 1 is 1.11 bits per heavy atom. The fourth-order valence-electron chi connectivity index (χ4n) is 1.91. The summed E-state index contributed by atoms with van der Waals surface area (Å²) in [5.74, 6) is -0.598. The molecule has 0 saturated heterocycles. The Bertz CT molecular complexity index is 683. The molecule has 7 heteroatoms. The molecule has 0 bridgehead atoms. The quantitative estimate of drug-likeness (QED) is 0.325. The van der Waals surface area contributed by atoms with Crippen LogP contribution in [0.3, 0.4) is 0 Å². The molecule has 0 aliphatic heterocycles. The SMILES string of the molecule is CC(C)(C)c1c(Cl)c(Br)c(F)c2nc(Cl)nc(Cl)c12. The van der Waals surface area contributed by atoms with Crippen LogP contribution < -0.4 is 0 Å². The maximum atomic E-state index is 14.2. The molecule has 0 N–H and O–H groups in total. The Balaban J connectivity index is 3.11. The lowest BCUT2D eigenvalue weighted by Crippen LogP contribution is -2.14. The predicted octanol–water partition coefficient (Wildman–Crippen LogP) is 5.79. The third-order valence-corrected chi connectivity index (χ3v) is 4.44. The van der Waals surface area contributed by atoms with Crippen LogP contribution >= 0.6 is 50.7 Å². The number of hydrogen-bond donors (Lipinski definition) is 0. The van der Waals surface area contributed by atoms with Crippen molar-refractivity contribution >= 4 is 61.6 Å². The summed E-state index contributed by atoms with van der Waals surface area (Å²) < 4.78 is 14.4. The summed E-state index contributed by atoms with van der Waals surface area (Å²) in [6.07, 6.45) is 0. The van der Waals surface area contributed by atoms with Crippen LogP contribution in [-0.4, -0.2) is 9.97 Å². The van der Waals surface area contributed by atoms with Gasteiger partial charge in [-0.1, -0.05) is 44.0 Å². The third-order valence-electron chi connectivity index (χ3n) is 2.65. The third kappa shape index (κ3) is 2.56. The number of benzene rings is 1. The van der Waals surface area contributed by atoms with Crippen molar-refractivity contribution in [2.45, 2.75) is 26.2 Å². The van der Waals surface area contributed by atoms with Crippen molar-refractivity contribution in [1.29, 1.82) is 0 Å². The first kappa shape index (κ1) is 15.2. The van der Waals surface area contributed by atoms with E-state index in [9.17, 15) is 4.39 Å². The Kier molecular flexibility index (Phi) is 4.00. The Morgan fingerprint density at radius 2 is 1.68 bits per heavy atom. The average molecular weight is 386 g/mol. The second-order valence-electron chi connectivity index (χ2n) is 5.07. The highest BCUT2D eigenvalue weighted by Gasteiger charge is 2.28. The van der Waals surface area contributed by atoms with Crippen molar-refractivity contribution in [1.82, 2.24) is 9.97 Å². The summed E-state index contributed by atoms with van der Waals surface area (Å²) in [6, 6.07) is 0. The number of aromatic nitrogens is 2. The summed E-state index contributed by atoms with van der Waals surface area (Å²) >= 11 is 21.2. The highest BCUT2D eigenvalue weighted by atomic mass is 79.9. The molecule has 0 unspecified atom stereocenters. The highest BCUT2D eigenvalue weighted by molar-refractivity contribution is 9.10. The molecule has 0 spiro atoms. The minimum atomic E-state index is -0.598. The minimum Gasteiger partial charge on any atom is -0.215 e. The first-order valence-electron chi connectivity index (χ1n) is 5.34. The van der Waals surface area contributed by atoms with E-state index in [1.807, 2.05) is 20.8 Å². The van der Waals surface area contributed by atoms with E-state index in [1.54, 1.807) is 0 Å². The molecular weight excluding hydrogens is 377 g/mol. The van der Waals surface area contributed by atoms with Crippen LogP contribution in [0.25, 0.3) is 10.9 Å². The zero-order valence-electron chi connectivity index (χ0n) is 10.3. The molecule has 1 heterocycles. The van der Waals surface area contributed by atoms with Crippen LogP contribution in [0, 0.1) is 5.82 Å². The lowest BCUT2D eigenvalue weighted by Gasteiger charge is -2.24. The Morgan fingerprint density at radius 3 is 2.21 bits per heavy atom. The second-order valence-corrected chi connectivity index (χ2v) is 6.94. The molecule has 0 aliphatic carbocycles. The fourth-order valence-corrected chi connectivity index (χ4v) is 3.24. The number of nitrogens with zero attached hydrogens (tertiary/aromatic N) is 2. The van der Waals surface area contributed by atoms with Crippen molar-refractivity contribution < 1.29 is 4.39 Å². The van der Waals surface area contributed by atoms with Crippen LogP contribution in [0.4, 0.5) is 4.39 Å². The zero-order chi connectivity index (χ0) is 14.5. The number of fused-ring (bicyclic) bond motifs is 1. The predicted molar refractivity (Wildman–Crippen MR) is 80.9 cm³/mol. The first-order valence-corrected chi connectivity index (χ1v) is 7.27. The van der Waals surface area contributed by atoms with Crippen LogP contribution in [0.15, 0.2) is 4.47 Å². The zero-order valence-corrected chi connectivity index (χ0v) is 14.1. The van der Waals surface area contributed by atoms with Gasteiger partial charge in [-0.25, -0.2) is 14.4 Å². The molecule has 2 nitrogen and oxygen atoms in total. The van der Waals surface area contributed by atoms with Gasteiger partial charge < -0.3 is 0 Å². The monoisotopic (exact) mass is 384 g/mol. The summed E-state index contributed by atoms with van der Waals surface area (Å²) in [7, 11) is 0.